The predicted octanol–water partition coefficient (Wildman–Crippen LogP) is 4.33. The van der Waals surface area contributed by atoms with Gasteiger partial charge in [-0.15, -0.1) is 11.3 Å². The number of carbonyl (C=O) groups excluding carboxylic acids is 1. The lowest BCUT2D eigenvalue weighted by atomic mass is 9.93. The predicted molar refractivity (Wildman–Crippen MR) is 106 cm³/mol. The molecule has 6 heteroatoms. The monoisotopic (exact) mass is 364 g/mol. The molecule has 3 heterocycles. The van der Waals surface area contributed by atoms with Gasteiger partial charge in [0.05, 0.1) is 0 Å². The summed E-state index contributed by atoms with van der Waals surface area (Å²) in [5, 5.41) is 8.33. The normalized spacial score (nSPS) is 17.2. The number of anilines is 2. The first-order valence-electron chi connectivity index (χ1n) is 8.72. The van der Waals surface area contributed by atoms with Crippen LogP contribution in [0.1, 0.15) is 24.5 Å². The molecule has 26 heavy (non-hydrogen) atoms. The molecule has 4 rings (SSSR count). The summed E-state index contributed by atoms with van der Waals surface area (Å²) in [6.45, 7) is 5.09. The van der Waals surface area contributed by atoms with Crippen LogP contribution in [0.5, 0.6) is 0 Å². The number of pyridine rings is 1. The zero-order valence-electron chi connectivity index (χ0n) is 14.4. The Hall–Kier alpha value is -2.73. The highest BCUT2D eigenvalue weighted by atomic mass is 32.1. The lowest BCUT2D eigenvalue weighted by molar-refractivity contribution is -0.127. The number of hydrogen-bond acceptors (Lipinski definition) is 5. The second-order valence-corrected chi connectivity index (χ2v) is 7.30. The number of benzene rings is 1. The van der Waals surface area contributed by atoms with Crippen LogP contribution in [0.15, 0.2) is 54.6 Å². The van der Waals surface area contributed by atoms with Crippen molar-refractivity contribution in [1.29, 1.82) is 0 Å². The van der Waals surface area contributed by atoms with Crippen LogP contribution in [-0.2, 0) is 4.79 Å². The Balaban J connectivity index is 1.71. The number of carbonyl (C=O) groups is 1. The van der Waals surface area contributed by atoms with Gasteiger partial charge in [0.15, 0.2) is 5.13 Å². The molecule has 1 aliphatic rings. The van der Waals surface area contributed by atoms with Crippen LogP contribution in [0.25, 0.3) is 10.8 Å². The summed E-state index contributed by atoms with van der Waals surface area (Å²) < 4.78 is 0. The van der Waals surface area contributed by atoms with E-state index in [4.69, 9.17) is 4.98 Å². The number of hydrogen-bond donors (Lipinski definition) is 1. The number of aromatic nitrogens is 2. The Kier molecular flexibility index (Phi) is 4.67. The molecule has 0 spiro atoms. The average Bonchev–Trinajstić information content (AvgIpc) is 3.20. The summed E-state index contributed by atoms with van der Waals surface area (Å²) in [6, 6.07) is 10.4. The standard InChI is InChI=1S/C20H20N4OS/c1-2-18(25)24-10-5-7-15(13-24)17-12-14-6-3-4-8-16(14)19(22-17)23-20-21-9-11-26-20/h2-4,6,8-9,11-12,15H,1,5,7,10,13H2,(H,21,22,23)/t15-/m1/s1. The van der Waals surface area contributed by atoms with Gasteiger partial charge in [-0.05, 0) is 30.4 Å². The number of thiazole rings is 1. The van der Waals surface area contributed by atoms with Crippen LogP contribution >= 0.6 is 11.3 Å². The van der Waals surface area contributed by atoms with Crippen molar-refractivity contribution < 1.29 is 4.79 Å². The molecule has 0 radical (unpaired) electrons. The maximum atomic E-state index is 12.0. The summed E-state index contributed by atoms with van der Waals surface area (Å²) in [5.41, 5.74) is 1.02. The highest BCUT2D eigenvalue weighted by molar-refractivity contribution is 7.13. The Morgan fingerprint density at radius 2 is 2.27 bits per heavy atom. The zero-order chi connectivity index (χ0) is 17.9. The van der Waals surface area contributed by atoms with E-state index in [0.29, 0.717) is 6.54 Å². The van der Waals surface area contributed by atoms with E-state index in [-0.39, 0.29) is 11.8 Å². The Bertz CT molecular complexity index is 938. The third kappa shape index (κ3) is 3.32. The number of likely N-dealkylation sites (tertiary alicyclic amines) is 1. The largest absolute Gasteiger partial charge is 0.339 e. The SMILES string of the molecule is C=CC(=O)N1CCC[C@@H](c2cc3ccccc3c(Nc3nccs3)n2)C1. The van der Waals surface area contributed by atoms with E-state index in [1.807, 2.05) is 22.4 Å². The van der Waals surface area contributed by atoms with Gasteiger partial charge < -0.3 is 10.2 Å². The molecule has 132 valence electrons. The zero-order valence-corrected chi connectivity index (χ0v) is 15.2. The van der Waals surface area contributed by atoms with Crippen molar-refractivity contribution >= 4 is 39.0 Å². The first-order valence-corrected chi connectivity index (χ1v) is 9.60. The van der Waals surface area contributed by atoms with E-state index in [2.05, 4.69) is 35.1 Å². The molecule has 1 aromatic carbocycles. The lowest BCUT2D eigenvalue weighted by Crippen LogP contribution is -2.38. The summed E-state index contributed by atoms with van der Waals surface area (Å²) in [6.07, 6.45) is 5.18. The van der Waals surface area contributed by atoms with E-state index in [1.165, 1.54) is 6.08 Å². The Morgan fingerprint density at radius 1 is 1.38 bits per heavy atom. The molecule has 0 saturated carbocycles. The van der Waals surface area contributed by atoms with Crippen molar-refractivity contribution in [2.45, 2.75) is 18.8 Å². The molecule has 1 fully saturated rings. The fraction of sp³-hybridized carbons (Fsp3) is 0.250. The number of rotatable bonds is 4. The molecule has 2 aromatic heterocycles. The molecular formula is C20H20N4OS. The summed E-state index contributed by atoms with van der Waals surface area (Å²) in [4.78, 5) is 23.1. The van der Waals surface area contributed by atoms with Crippen molar-refractivity contribution in [3.05, 3.63) is 60.3 Å². The van der Waals surface area contributed by atoms with Crippen LogP contribution in [-0.4, -0.2) is 33.9 Å². The summed E-state index contributed by atoms with van der Waals surface area (Å²) >= 11 is 1.55. The van der Waals surface area contributed by atoms with Crippen LogP contribution in [0.4, 0.5) is 10.9 Å². The van der Waals surface area contributed by atoms with Crippen molar-refractivity contribution in [2.75, 3.05) is 18.4 Å². The fourth-order valence-corrected chi connectivity index (χ4v) is 3.99. The highest BCUT2D eigenvalue weighted by Crippen LogP contribution is 2.32. The second kappa shape index (κ2) is 7.25. The molecule has 0 bridgehead atoms. The lowest BCUT2D eigenvalue weighted by Gasteiger charge is -2.32. The van der Waals surface area contributed by atoms with E-state index in [1.54, 1.807) is 17.5 Å². The molecule has 1 N–H and O–H groups in total. The van der Waals surface area contributed by atoms with Crippen LogP contribution in [0.2, 0.25) is 0 Å². The van der Waals surface area contributed by atoms with E-state index in [9.17, 15) is 4.79 Å². The topological polar surface area (TPSA) is 58.1 Å². The maximum Gasteiger partial charge on any atom is 0.245 e. The Labute approximate surface area is 156 Å². The quantitative estimate of drug-likeness (QED) is 0.700. The molecule has 0 aliphatic carbocycles. The van der Waals surface area contributed by atoms with E-state index >= 15 is 0 Å². The third-order valence-electron chi connectivity index (χ3n) is 4.74. The first-order chi connectivity index (χ1) is 12.7. The van der Waals surface area contributed by atoms with Gasteiger partial charge >= 0.3 is 0 Å². The fourth-order valence-electron chi connectivity index (χ4n) is 3.46. The van der Waals surface area contributed by atoms with E-state index < -0.39 is 0 Å². The highest BCUT2D eigenvalue weighted by Gasteiger charge is 2.25. The van der Waals surface area contributed by atoms with Gasteiger partial charge in [0.2, 0.25) is 5.91 Å². The Morgan fingerprint density at radius 3 is 3.08 bits per heavy atom. The first kappa shape index (κ1) is 16.7. The van der Waals surface area contributed by atoms with Crippen molar-refractivity contribution in [3.8, 4) is 0 Å². The molecule has 5 nitrogen and oxygen atoms in total. The second-order valence-electron chi connectivity index (χ2n) is 6.41. The molecule has 0 unspecified atom stereocenters. The van der Waals surface area contributed by atoms with Crippen LogP contribution < -0.4 is 5.32 Å². The van der Waals surface area contributed by atoms with Gasteiger partial charge in [0.25, 0.3) is 0 Å². The van der Waals surface area contributed by atoms with Crippen LogP contribution in [0, 0.1) is 0 Å². The van der Waals surface area contributed by atoms with Crippen molar-refractivity contribution in [3.63, 3.8) is 0 Å². The van der Waals surface area contributed by atoms with Gasteiger partial charge in [0, 0.05) is 41.7 Å². The summed E-state index contributed by atoms with van der Waals surface area (Å²) in [5.74, 6) is 1.05. The van der Waals surface area contributed by atoms with Gasteiger partial charge in [0.1, 0.15) is 5.82 Å². The molecule has 1 saturated heterocycles. The van der Waals surface area contributed by atoms with Gasteiger partial charge in [-0.2, -0.15) is 0 Å². The van der Waals surface area contributed by atoms with Crippen molar-refractivity contribution in [2.24, 2.45) is 0 Å². The van der Waals surface area contributed by atoms with Crippen LogP contribution in [0.3, 0.4) is 0 Å². The van der Waals surface area contributed by atoms with E-state index in [0.717, 1.165) is 46.8 Å². The molecule has 1 aliphatic heterocycles. The smallest absolute Gasteiger partial charge is 0.245 e. The number of fused-ring (bicyclic) bond motifs is 1. The van der Waals surface area contributed by atoms with Gasteiger partial charge in [-0.1, -0.05) is 30.8 Å². The number of amides is 1. The average molecular weight is 364 g/mol. The number of nitrogens with zero attached hydrogens (tertiary/aromatic N) is 3. The molecule has 1 atom stereocenters. The minimum absolute atomic E-state index is 0.00313. The number of nitrogens with one attached hydrogen (secondary N) is 1. The van der Waals surface area contributed by atoms with Crippen molar-refractivity contribution in [1.82, 2.24) is 14.9 Å². The van der Waals surface area contributed by atoms with Gasteiger partial charge in [-0.3, -0.25) is 4.79 Å². The summed E-state index contributed by atoms with van der Waals surface area (Å²) in [7, 11) is 0. The maximum absolute atomic E-state index is 12.0. The molecule has 3 aromatic rings. The molecule has 1 amide bonds. The number of piperidine rings is 1. The minimum atomic E-state index is -0.00313. The minimum Gasteiger partial charge on any atom is -0.339 e. The third-order valence-corrected chi connectivity index (χ3v) is 5.43. The van der Waals surface area contributed by atoms with Gasteiger partial charge in [-0.25, -0.2) is 9.97 Å². The molecular weight excluding hydrogens is 344 g/mol.